The van der Waals surface area contributed by atoms with E-state index in [1.54, 1.807) is 0 Å². The molecule has 0 aliphatic heterocycles. The van der Waals surface area contributed by atoms with Gasteiger partial charge in [-0.05, 0) is 36.6 Å². The monoisotopic (exact) mass is 275 g/mol. The average molecular weight is 275 g/mol. The summed E-state index contributed by atoms with van der Waals surface area (Å²) >= 11 is 0. The Labute approximate surface area is 109 Å². The molecule has 0 aliphatic carbocycles. The summed E-state index contributed by atoms with van der Waals surface area (Å²) < 4.78 is 37.1. The van der Waals surface area contributed by atoms with Crippen LogP contribution in [0.25, 0.3) is 0 Å². The van der Waals surface area contributed by atoms with Crippen LogP contribution in [0.15, 0.2) is 24.3 Å². The summed E-state index contributed by atoms with van der Waals surface area (Å²) in [5, 5.41) is 11.7. The van der Waals surface area contributed by atoms with Gasteiger partial charge in [-0.15, -0.1) is 0 Å². The molecule has 19 heavy (non-hydrogen) atoms. The lowest BCUT2D eigenvalue weighted by Crippen LogP contribution is -2.30. The highest BCUT2D eigenvalue weighted by molar-refractivity contribution is 5.77. The minimum atomic E-state index is -4.39. The first-order valence-corrected chi connectivity index (χ1v) is 5.86. The highest BCUT2D eigenvalue weighted by Crippen LogP contribution is 2.30. The molecule has 0 amide bonds. The maximum absolute atomic E-state index is 12.4. The van der Waals surface area contributed by atoms with Crippen LogP contribution in [0.4, 0.5) is 18.9 Å². The second-order valence-corrected chi connectivity index (χ2v) is 4.74. The number of benzene rings is 1. The predicted molar refractivity (Wildman–Crippen MR) is 65.9 cm³/mol. The first-order chi connectivity index (χ1) is 8.70. The molecule has 0 saturated heterocycles. The normalized spacial score (nSPS) is 13.4. The standard InChI is InChI=1S/C13H16F3NO2/c1-8(2)7-11(12(18)19)17-10-5-3-9(4-6-10)13(14,15)16/h3-6,8,11,17H,7H2,1-2H3,(H,18,19). The Kier molecular flexibility index (Phi) is 4.80. The van der Waals surface area contributed by atoms with E-state index in [1.807, 2.05) is 13.8 Å². The molecular formula is C13H16F3NO2. The van der Waals surface area contributed by atoms with Crippen molar-refractivity contribution in [2.45, 2.75) is 32.5 Å². The van der Waals surface area contributed by atoms with Gasteiger partial charge in [-0.25, -0.2) is 4.79 Å². The number of nitrogens with one attached hydrogen (secondary N) is 1. The summed E-state index contributed by atoms with van der Waals surface area (Å²) in [6.07, 6.45) is -3.99. The molecule has 106 valence electrons. The van der Waals surface area contributed by atoms with E-state index in [1.165, 1.54) is 12.1 Å². The number of carbonyl (C=O) groups is 1. The van der Waals surface area contributed by atoms with Gasteiger partial charge in [0.15, 0.2) is 0 Å². The average Bonchev–Trinajstić information content (AvgIpc) is 2.27. The molecule has 0 bridgehead atoms. The molecule has 0 spiro atoms. The maximum Gasteiger partial charge on any atom is 0.416 e. The van der Waals surface area contributed by atoms with Gasteiger partial charge in [-0.3, -0.25) is 0 Å². The second kappa shape index (κ2) is 5.95. The van der Waals surface area contributed by atoms with Crippen LogP contribution >= 0.6 is 0 Å². The van der Waals surface area contributed by atoms with Gasteiger partial charge < -0.3 is 10.4 Å². The lowest BCUT2D eigenvalue weighted by molar-refractivity contribution is -0.139. The van der Waals surface area contributed by atoms with Crippen molar-refractivity contribution >= 4 is 11.7 Å². The third kappa shape index (κ3) is 4.81. The Balaban J connectivity index is 2.78. The van der Waals surface area contributed by atoms with Crippen LogP contribution in [0.2, 0.25) is 0 Å². The van der Waals surface area contributed by atoms with Crippen LogP contribution < -0.4 is 5.32 Å². The first-order valence-electron chi connectivity index (χ1n) is 5.86. The third-order valence-corrected chi connectivity index (χ3v) is 2.56. The second-order valence-electron chi connectivity index (χ2n) is 4.74. The molecule has 1 aromatic carbocycles. The van der Waals surface area contributed by atoms with E-state index in [4.69, 9.17) is 5.11 Å². The number of carboxylic acids is 1. The SMILES string of the molecule is CC(C)CC(Nc1ccc(C(F)(F)F)cc1)C(=O)O. The third-order valence-electron chi connectivity index (χ3n) is 2.56. The van der Waals surface area contributed by atoms with Gasteiger partial charge in [0.1, 0.15) is 6.04 Å². The van der Waals surface area contributed by atoms with E-state index in [9.17, 15) is 18.0 Å². The van der Waals surface area contributed by atoms with Crippen LogP contribution in [0.5, 0.6) is 0 Å². The molecule has 2 N–H and O–H groups in total. The van der Waals surface area contributed by atoms with Gasteiger partial charge in [0.25, 0.3) is 0 Å². The van der Waals surface area contributed by atoms with Crippen LogP contribution in [-0.4, -0.2) is 17.1 Å². The number of rotatable bonds is 5. The summed E-state index contributed by atoms with van der Waals surface area (Å²) in [6.45, 7) is 3.76. The molecule has 1 rings (SSSR count). The molecular weight excluding hydrogens is 259 g/mol. The maximum atomic E-state index is 12.4. The molecule has 0 aromatic heterocycles. The van der Waals surface area contributed by atoms with Crippen molar-refractivity contribution in [2.75, 3.05) is 5.32 Å². The molecule has 1 aromatic rings. The molecule has 1 atom stereocenters. The lowest BCUT2D eigenvalue weighted by atomic mass is 10.0. The van der Waals surface area contributed by atoms with Gasteiger partial charge in [0.2, 0.25) is 0 Å². The summed E-state index contributed by atoms with van der Waals surface area (Å²) in [5.74, 6) is -0.850. The molecule has 3 nitrogen and oxygen atoms in total. The minimum absolute atomic E-state index is 0.169. The fourth-order valence-electron chi connectivity index (χ4n) is 1.65. The van der Waals surface area contributed by atoms with Crippen LogP contribution in [-0.2, 0) is 11.0 Å². The molecule has 0 heterocycles. The van der Waals surface area contributed by atoms with E-state index in [0.717, 1.165) is 12.1 Å². The number of carboxylic acid groups (broad SMARTS) is 1. The number of halogens is 3. The zero-order chi connectivity index (χ0) is 14.6. The van der Waals surface area contributed by atoms with E-state index < -0.39 is 23.8 Å². The smallest absolute Gasteiger partial charge is 0.416 e. The molecule has 0 radical (unpaired) electrons. The van der Waals surface area contributed by atoms with Gasteiger partial charge >= 0.3 is 12.1 Å². The highest BCUT2D eigenvalue weighted by Gasteiger charge is 2.30. The van der Waals surface area contributed by atoms with Gasteiger partial charge in [0, 0.05) is 5.69 Å². The number of hydrogen-bond acceptors (Lipinski definition) is 2. The van der Waals surface area contributed by atoms with Crippen LogP contribution in [0, 0.1) is 5.92 Å². The van der Waals surface area contributed by atoms with E-state index >= 15 is 0 Å². The Hall–Kier alpha value is -1.72. The van der Waals surface area contributed by atoms with E-state index in [0.29, 0.717) is 12.1 Å². The minimum Gasteiger partial charge on any atom is -0.480 e. The lowest BCUT2D eigenvalue weighted by Gasteiger charge is -2.18. The van der Waals surface area contributed by atoms with Crippen molar-refractivity contribution in [3.8, 4) is 0 Å². The zero-order valence-electron chi connectivity index (χ0n) is 10.7. The van der Waals surface area contributed by atoms with Gasteiger partial charge in [-0.1, -0.05) is 13.8 Å². The molecule has 0 fully saturated rings. The van der Waals surface area contributed by atoms with Crippen molar-refractivity contribution in [1.82, 2.24) is 0 Å². The predicted octanol–water partition coefficient (Wildman–Crippen LogP) is 3.62. The Morgan fingerprint density at radius 2 is 1.79 bits per heavy atom. The fraction of sp³-hybridized carbons (Fsp3) is 0.462. The number of aliphatic carboxylic acids is 1. The fourth-order valence-corrected chi connectivity index (χ4v) is 1.65. The summed E-state index contributed by atoms with van der Waals surface area (Å²) in [6, 6.07) is 3.52. The van der Waals surface area contributed by atoms with Crippen molar-refractivity contribution in [3.05, 3.63) is 29.8 Å². The van der Waals surface area contributed by atoms with Crippen molar-refractivity contribution < 1.29 is 23.1 Å². The quantitative estimate of drug-likeness (QED) is 0.863. The number of anilines is 1. The van der Waals surface area contributed by atoms with Crippen molar-refractivity contribution in [3.63, 3.8) is 0 Å². The molecule has 6 heteroatoms. The van der Waals surface area contributed by atoms with Crippen LogP contribution in [0.1, 0.15) is 25.8 Å². The molecule has 0 saturated carbocycles. The van der Waals surface area contributed by atoms with Gasteiger partial charge in [0.05, 0.1) is 5.56 Å². The van der Waals surface area contributed by atoms with Gasteiger partial charge in [-0.2, -0.15) is 13.2 Å². The van der Waals surface area contributed by atoms with Crippen LogP contribution in [0.3, 0.4) is 0 Å². The summed E-state index contributed by atoms with van der Waals surface area (Å²) in [5.41, 5.74) is -0.394. The zero-order valence-corrected chi connectivity index (χ0v) is 10.7. The van der Waals surface area contributed by atoms with E-state index in [2.05, 4.69) is 5.32 Å². The molecule has 1 unspecified atom stereocenters. The van der Waals surface area contributed by atoms with E-state index in [-0.39, 0.29) is 5.92 Å². The Morgan fingerprint density at radius 3 is 2.16 bits per heavy atom. The molecule has 0 aliphatic rings. The summed E-state index contributed by atoms with van der Waals surface area (Å²) in [4.78, 5) is 11.0. The first kappa shape index (κ1) is 15.3. The summed E-state index contributed by atoms with van der Waals surface area (Å²) in [7, 11) is 0. The van der Waals surface area contributed by atoms with Crippen molar-refractivity contribution in [2.24, 2.45) is 5.92 Å². The highest BCUT2D eigenvalue weighted by atomic mass is 19.4. The number of hydrogen-bond donors (Lipinski definition) is 2. The van der Waals surface area contributed by atoms with Crippen molar-refractivity contribution in [1.29, 1.82) is 0 Å². The number of alkyl halides is 3. The topological polar surface area (TPSA) is 49.3 Å². The Morgan fingerprint density at radius 1 is 1.26 bits per heavy atom. The largest absolute Gasteiger partial charge is 0.480 e. The Bertz CT molecular complexity index is 427.